The number of hydrogen-bond acceptors (Lipinski definition) is 5. The van der Waals surface area contributed by atoms with Gasteiger partial charge in [0.25, 0.3) is 0 Å². The van der Waals surface area contributed by atoms with Gasteiger partial charge in [-0.25, -0.2) is 0 Å². The van der Waals surface area contributed by atoms with E-state index in [0.717, 1.165) is 4.90 Å². The van der Waals surface area contributed by atoms with Gasteiger partial charge in [-0.2, -0.15) is 0 Å². The van der Waals surface area contributed by atoms with Crippen LogP contribution < -0.4 is 11.1 Å². The molecule has 1 atom stereocenters. The molecule has 1 heterocycles. The first-order valence-electron chi connectivity index (χ1n) is 4.05. The third-order valence-electron chi connectivity index (χ3n) is 1.81. The van der Waals surface area contributed by atoms with Crippen LogP contribution in [-0.2, 0) is 9.59 Å². The molecule has 0 aliphatic carbocycles. The number of rotatable bonds is 3. The lowest BCUT2D eigenvalue weighted by Gasteiger charge is -2.27. The molecule has 6 nitrogen and oxygen atoms in total. The zero-order valence-electron chi connectivity index (χ0n) is 7.19. The number of aliphatic hydroxyl groups is 1. The number of nitrogens with one attached hydrogen (secondary N) is 1. The molecule has 0 aromatic carbocycles. The maximum Gasteiger partial charge on any atom is 0.243 e. The largest absolute Gasteiger partial charge is 0.395 e. The van der Waals surface area contributed by atoms with Gasteiger partial charge in [-0.05, 0) is 0 Å². The normalized spacial score (nSPS) is 20.6. The summed E-state index contributed by atoms with van der Waals surface area (Å²) >= 11 is 0. The van der Waals surface area contributed by atoms with E-state index in [0.29, 0.717) is 0 Å². The van der Waals surface area contributed by atoms with Crippen molar-refractivity contribution in [2.75, 3.05) is 26.2 Å². The Labute approximate surface area is 75.7 Å². The molecule has 1 saturated heterocycles. The van der Waals surface area contributed by atoms with Crippen molar-refractivity contribution < 1.29 is 14.7 Å². The summed E-state index contributed by atoms with van der Waals surface area (Å²) in [5.74, 6) is -0.583. The average molecular weight is 187 g/mol. The first kappa shape index (κ1) is 10.1. The van der Waals surface area contributed by atoms with E-state index < -0.39 is 6.04 Å². The van der Waals surface area contributed by atoms with Crippen LogP contribution in [0.2, 0.25) is 0 Å². The summed E-state index contributed by atoms with van der Waals surface area (Å²) in [7, 11) is 0. The van der Waals surface area contributed by atoms with E-state index in [2.05, 4.69) is 5.32 Å². The number of amides is 2. The van der Waals surface area contributed by atoms with Crippen molar-refractivity contribution in [3.63, 3.8) is 0 Å². The summed E-state index contributed by atoms with van der Waals surface area (Å²) < 4.78 is 0. The second-order valence-corrected chi connectivity index (χ2v) is 2.94. The van der Waals surface area contributed by atoms with Gasteiger partial charge in [0.05, 0.1) is 19.7 Å². The predicted octanol–water partition coefficient (Wildman–Crippen LogP) is -2.74. The van der Waals surface area contributed by atoms with Crippen LogP contribution in [0.1, 0.15) is 0 Å². The van der Waals surface area contributed by atoms with Gasteiger partial charge in [-0.15, -0.1) is 0 Å². The van der Waals surface area contributed by atoms with E-state index in [1.54, 1.807) is 0 Å². The number of aliphatic hydroxyl groups excluding tert-OH is 1. The molecule has 0 radical (unpaired) electrons. The van der Waals surface area contributed by atoms with E-state index in [-0.39, 0.29) is 38.1 Å². The topological polar surface area (TPSA) is 95.7 Å². The molecular formula is C7H13N3O3. The molecule has 1 aliphatic rings. The molecule has 0 aromatic heterocycles. The van der Waals surface area contributed by atoms with Crippen molar-refractivity contribution in [1.29, 1.82) is 0 Å². The van der Waals surface area contributed by atoms with E-state index in [4.69, 9.17) is 10.8 Å². The van der Waals surface area contributed by atoms with Crippen LogP contribution in [0.4, 0.5) is 0 Å². The second kappa shape index (κ2) is 4.31. The highest BCUT2D eigenvalue weighted by Crippen LogP contribution is 1.97. The van der Waals surface area contributed by atoms with E-state index in [1.807, 2.05) is 0 Å². The standard InChI is InChI=1S/C7H13N3O3/c8-5(4-11)3-10-6(12)1-9-2-7(10)13/h5,9,11H,1-4,8H2. The number of carbonyl (C=O) groups is 2. The lowest BCUT2D eigenvalue weighted by atomic mass is 10.2. The van der Waals surface area contributed by atoms with Crippen molar-refractivity contribution in [2.45, 2.75) is 6.04 Å². The van der Waals surface area contributed by atoms with Crippen LogP contribution in [0.25, 0.3) is 0 Å². The number of nitrogens with two attached hydrogens (primary N) is 1. The van der Waals surface area contributed by atoms with Crippen molar-refractivity contribution in [3.8, 4) is 0 Å². The van der Waals surface area contributed by atoms with Crippen molar-refractivity contribution in [2.24, 2.45) is 5.73 Å². The van der Waals surface area contributed by atoms with Crippen molar-refractivity contribution in [3.05, 3.63) is 0 Å². The molecule has 1 fully saturated rings. The Hall–Kier alpha value is -0.980. The Morgan fingerprint density at radius 3 is 2.46 bits per heavy atom. The van der Waals surface area contributed by atoms with Crippen LogP contribution in [0.5, 0.6) is 0 Å². The fraction of sp³-hybridized carbons (Fsp3) is 0.714. The smallest absolute Gasteiger partial charge is 0.243 e. The predicted molar refractivity (Wildman–Crippen MR) is 44.7 cm³/mol. The van der Waals surface area contributed by atoms with Gasteiger partial charge in [0.1, 0.15) is 0 Å². The van der Waals surface area contributed by atoms with Crippen molar-refractivity contribution >= 4 is 11.8 Å². The van der Waals surface area contributed by atoms with Crippen LogP contribution in [0.3, 0.4) is 0 Å². The Kier molecular flexibility index (Phi) is 3.35. The van der Waals surface area contributed by atoms with Gasteiger partial charge < -0.3 is 10.8 Å². The number of imide groups is 1. The molecular weight excluding hydrogens is 174 g/mol. The average Bonchev–Trinajstić information content (AvgIpc) is 2.11. The number of nitrogens with zero attached hydrogens (tertiary/aromatic N) is 1. The van der Waals surface area contributed by atoms with Gasteiger partial charge in [0.2, 0.25) is 11.8 Å². The highest BCUT2D eigenvalue weighted by molar-refractivity contribution is 5.99. The first-order valence-corrected chi connectivity index (χ1v) is 4.05. The fourth-order valence-corrected chi connectivity index (χ4v) is 1.10. The number of carbonyl (C=O) groups excluding carboxylic acids is 2. The highest BCUT2D eigenvalue weighted by atomic mass is 16.3. The van der Waals surface area contributed by atoms with Crippen LogP contribution in [-0.4, -0.2) is 54.1 Å². The monoisotopic (exact) mass is 187 g/mol. The molecule has 1 unspecified atom stereocenters. The first-order chi connectivity index (χ1) is 6.15. The summed E-state index contributed by atoms with van der Waals surface area (Å²) in [5, 5.41) is 11.3. The quantitative estimate of drug-likeness (QED) is 0.417. The number of piperazine rings is 1. The van der Waals surface area contributed by atoms with Crippen LogP contribution >= 0.6 is 0 Å². The van der Waals surface area contributed by atoms with Gasteiger partial charge in [-0.3, -0.25) is 19.8 Å². The minimum absolute atomic E-state index is 0.0931. The molecule has 0 saturated carbocycles. The fourth-order valence-electron chi connectivity index (χ4n) is 1.10. The molecule has 74 valence electrons. The van der Waals surface area contributed by atoms with Crippen LogP contribution in [0, 0.1) is 0 Å². The molecule has 0 bridgehead atoms. The summed E-state index contributed by atoms with van der Waals surface area (Å²) in [6.07, 6.45) is 0. The summed E-state index contributed by atoms with van der Waals surface area (Å²) in [4.78, 5) is 23.4. The maximum absolute atomic E-state index is 11.2. The minimum atomic E-state index is -0.550. The van der Waals surface area contributed by atoms with Gasteiger partial charge >= 0.3 is 0 Å². The molecule has 13 heavy (non-hydrogen) atoms. The second-order valence-electron chi connectivity index (χ2n) is 2.94. The lowest BCUT2D eigenvalue weighted by Crippen LogP contribution is -2.55. The van der Waals surface area contributed by atoms with Gasteiger partial charge in [0, 0.05) is 12.6 Å². The summed E-state index contributed by atoms with van der Waals surface area (Å²) in [6.45, 7) is 0.175. The Bertz CT molecular complexity index is 203. The minimum Gasteiger partial charge on any atom is -0.395 e. The highest BCUT2D eigenvalue weighted by Gasteiger charge is 2.26. The number of hydrogen-bond donors (Lipinski definition) is 3. The zero-order chi connectivity index (χ0) is 9.84. The Morgan fingerprint density at radius 2 is 2.00 bits per heavy atom. The SMILES string of the molecule is NC(CO)CN1C(=O)CNCC1=O. The van der Waals surface area contributed by atoms with E-state index >= 15 is 0 Å². The van der Waals surface area contributed by atoms with Gasteiger partial charge in [-0.1, -0.05) is 0 Å². The zero-order valence-corrected chi connectivity index (χ0v) is 7.19. The molecule has 0 aromatic rings. The Balaban J connectivity index is 2.54. The van der Waals surface area contributed by atoms with E-state index in [1.165, 1.54) is 0 Å². The lowest BCUT2D eigenvalue weighted by molar-refractivity contribution is -0.146. The van der Waals surface area contributed by atoms with Crippen molar-refractivity contribution in [1.82, 2.24) is 10.2 Å². The van der Waals surface area contributed by atoms with Gasteiger partial charge in [0.15, 0.2) is 0 Å². The summed E-state index contributed by atoms with van der Waals surface area (Å²) in [5.41, 5.74) is 5.41. The molecule has 1 rings (SSSR count). The molecule has 4 N–H and O–H groups in total. The third-order valence-corrected chi connectivity index (χ3v) is 1.81. The molecule has 0 spiro atoms. The molecule has 1 aliphatic heterocycles. The maximum atomic E-state index is 11.2. The summed E-state index contributed by atoms with van der Waals surface area (Å²) in [6, 6.07) is -0.550. The molecule has 2 amide bonds. The third kappa shape index (κ3) is 2.48. The molecule has 6 heteroatoms. The van der Waals surface area contributed by atoms with E-state index in [9.17, 15) is 9.59 Å². The Morgan fingerprint density at radius 1 is 1.46 bits per heavy atom. The van der Waals surface area contributed by atoms with Crippen LogP contribution in [0.15, 0.2) is 0 Å².